The van der Waals surface area contributed by atoms with Crippen LogP contribution < -0.4 is 0 Å². The Morgan fingerprint density at radius 2 is 2.08 bits per heavy atom. The Labute approximate surface area is 153 Å². The molecule has 132 valence electrons. The Balaban J connectivity index is 1.47. The topological polar surface area (TPSA) is 39.3 Å². The first-order valence-corrected chi connectivity index (χ1v) is 9.85. The summed E-state index contributed by atoms with van der Waals surface area (Å²) in [5, 5.41) is 1.42. The highest BCUT2D eigenvalue weighted by atomic mass is 32.2. The zero-order valence-electron chi connectivity index (χ0n) is 14.9. The van der Waals surface area contributed by atoms with E-state index < -0.39 is 0 Å². The van der Waals surface area contributed by atoms with Crippen molar-refractivity contribution in [3.05, 3.63) is 48.3 Å². The molecule has 0 saturated carbocycles. The summed E-state index contributed by atoms with van der Waals surface area (Å²) in [4.78, 5) is 20.6. The molecule has 2 saturated heterocycles. The van der Waals surface area contributed by atoms with Crippen molar-refractivity contribution >= 4 is 28.4 Å². The molecule has 0 aliphatic carbocycles. The van der Waals surface area contributed by atoms with Crippen molar-refractivity contribution in [3.8, 4) is 0 Å². The molecule has 2 fully saturated rings. The first-order chi connectivity index (χ1) is 12.1. The first kappa shape index (κ1) is 16.7. The van der Waals surface area contributed by atoms with Crippen LogP contribution in [0.25, 0.3) is 10.9 Å². The number of piperidine rings is 1. The van der Waals surface area contributed by atoms with Crippen LogP contribution in [0.2, 0.25) is 0 Å². The highest BCUT2D eigenvalue weighted by molar-refractivity contribution is 8.01. The lowest BCUT2D eigenvalue weighted by Gasteiger charge is -2.36. The zero-order chi connectivity index (χ0) is 17.4. The van der Waals surface area contributed by atoms with E-state index in [0.717, 1.165) is 23.0 Å². The molecule has 4 rings (SSSR count). The minimum absolute atomic E-state index is 0.0685. The highest BCUT2D eigenvalue weighted by Crippen LogP contribution is 2.46. The van der Waals surface area contributed by atoms with Crippen LogP contribution in [-0.4, -0.2) is 57.4 Å². The van der Waals surface area contributed by atoms with Crippen LogP contribution in [0.15, 0.2) is 42.7 Å². The molecule has 2 aromatic rings. The molecule has 0 bridgehead atoms. The van der Waals surface area contributed by atoms with Crippen molar-refractivity contribution < 1.29 is 4.79 Å². The monoisotopic (exact) mass is 355 g/mol. The fourth-order valence-electron chi connectivity index (χ4n) is 3.93. The maximum absolute atomic E-state index is 12.6. The molecule has 1 unspecified atom stereocenters. The number of nitrogens with one attached hydrogen (secondary N) is 1. The van der Waals surface area contributed by atoms with E-state index in [1.807, 2.05) is 36.7 Å². The lowest BCUT2D eigenvalue weighted by atomic mass is 9.95. The molecule has 5 heteroatoms. The van der Waals surface area contributed by atoms with Gasteiger partial charge in [-0.3, -0.25) is 4.79 Å². The highest BCUT2D eigenvalue weighted by Gasteiger charge is 2.43. The summed E-state index contributed by atoms with van der Waals surface area (Å²) in [6, 6.07) is 7.94. The van der Waals surface area contributed by atoms with Gasteiger partial charge in [0.1, 0.15) is 0 Å². The van der Waals surface area contributed by atoms with E-state index in [4.69, 9.17) is 0 Å². The van der Waals surface area contributed by atoms with Gasteiger partial charge in [0, 0.05) is 46.2 Å². The normalized spacial score (nSPS) is 23.9. The number of rotatable bonds is 3. The van der Waals surface area contributed by atoms with Crippen molar-refractivity contribution in [1.82, 2.24) is 14.8 Å². The molecule has 0 radical (unpaired) electrons. The quantitative estimate of drug-likeness (QED) is 0.673. The van der Waals surface area contributed by atoms with Crippen molar-refractivity contribution in [2.75, 3.05) is 26.7 Å². The second-order valence-electron chi connectivity index (χ2n) is 7.30. The van der Waals surface area contributed by atoms with Gasteiger partial charge >= 0.3 is 0 Å². The van der Waals surface area contributed by atoms with Crippen LogP contribution in [-0.2, 0) is 0 Å². The number of para-hydroxylation sites is 1. The molecule has 25 heavy (non-hydrogen) atoms. The molecule has 2 aliphatic rings. The molecule has 1 aromatic carbocycles. The standard InChI is InChI=1S/C20H25N3OS/c1-15-23(14-20(25-15)8-11-22(2)12-9-20)10-7-19(24)17-13-21-18-6-4-3-5-16(17)18/h3-7,10,13,15,21H,8-9,11-12,14H2,1-2H3. The number of hydrogen-bond donors (Lipinski definition) is 1. The number of benzene rings is 1. The number of ketones is 1. The number of aromatic amines is 1. The lowest BCUT2D eigenvalue weighted by molar-refractivity contribution is 0.104. The molecular formula is C20H25N3OS. The van der Waals surface area contributed by atoms with Gasteiger partial charge in [0.05, 0.1) is 5.37 Å². The van der Waals surface area contributed by atoms with Gasteiger partial charge in [-0.15, -0.1) is 11.8 Å². The van der Waals surface area contributed by atoms with Crippen LogP contribution >= 0.6 is 11.8 Å². The molecule has 2 aliphatic heterocycles. The fourth-order valence-corrected chi connectivity index (χ4v) is 5.58. The van der Waals surface area contributed by atoms with E-state index in [0.29, 0.717) is 10.1 Å². The SMILES string of the molecule is CC1SC2(CCN(C)CC2)CN1C=CC(=O)c1c[nH]c2ccccc12. The molecule has 1 spiro atoms. The fraction of sp³-hybridized carbons (Fsp3) is 0.450. The average Bonchev–Trinajstić information content (AvgIpc) is 3.17. The van der Waals surface area contributed by atoms with Crippen molar-refractivity contribution in [3.63, 3.8) is 0 Å². The van der Waals surface area contributed by atoms with Gasteiger partial charge in [-0.05, 0) is 46.0 Å². The minimum atomic E-state index is 0.0685. The Morgan fingerprint density at radius 3 is 2.88 bits per heavy atom. The third-order valence-corrected chi connectivity index (χ3v) is 7.18. The molecule has 1 aromatic heterocycles. The number of allylic oxidation sites excluding steroid dienone is 1. The van der Waals surface area contributed by atoms with Crippen LogP contribution in [0.3, 0.4) is 0 Å². The summed E-state index contributed by atoms with van der Waals surface area (Å²) in [5.74, 6) is 0.0685. The van der Waals surface area contributed by atoms with Crippen LogP contribution in [0.5, 0.6) is 0 Å². The van der Waals surface area contributed by atoms with Gasteiger partial charge in [-0.2, -0.15) is 0 Å². The minimum Gasteiger partial charge on any atom is -0.364 e. The second-order valence-corrected chi connectivity index (χ2v) is 9.09. The molecule has 1 N–H and O–H groups in total. The van der Waals surface area contributed by atoms with Gasteiger partial charge < -0.3 is 14.8 Å². The van der Waals surface area contributed by atoms with Gasteiger partial charge in [0.15, 0.2) is 5.78 Å². The van der Waals surface area contributed by atoms with E-state index in [-0.39, 0.29) is 5.78 Å². The van der Waals surface area contributed by atoms with E-state index in [9.17, 15) is 4.79 Å². The number of H-pyrrole nitrogens is 1. The predicted molar refractivity (Wildman–Crippen MR) is 105 cm³/mol. The number of carbonyl (C=O) groups excluding carboxylic acids is 1. The number of hydrogen-bond acceptors (Lipinski definition) is 4. The molecule has 3 heterocycles. The van der Waals surface area contributed by atoms with Crippen molar-refractivity contribution in [2.24, 2.45) is 0 Å². The molecule has 4 nitrogen and oxygen atoms in total. The van der Waals surface area contributed by atoms with Crippen LogP contribution in [0.1, 0.15) is 30.1 Å². The second kappa shape index (κ2) is 6.54. The Bertz CT molecular complexity index is 804. The number of aromatic nitrogens is 1. The first-order valence-electron chi connectivity index (χ1n) is 8.97. The summed E-state index contributed by atoms with van der Waals surface area (Å²) >= 11 is 2.08. The maximum Gasteiger partial charge on any atom is 0.189 e. The number of likely N-dealkylation sites (tertiary alicyclic amines) is 1. The number of nitrogens with zero attached hydrogens (tertiary/aromatic N) is 2. The van der Waals surface area contributed by atoms with Crippen molar-refractivity contribution in [2.45, 2.75) is 29.9 Å². The summed E-state index contributed by atoms with van der Waals surface area (Å²) in [6.45, 7) is 5.64. The van der Waals surface area contributed by atoms with E-state index >= 15 is 0 Å². The third kappa shape index (κ3) is 3.23. The third-order valence-electron chi connectivity index (χ3n) is 5.53. The van der Waals surface area contributed by atoms with E-state index in [1.54, 1.807) is 6.08 Å². The largest absolute Gasteiger partial charge is 0.364 e. The Kier molecular flexibility index (Phi) is 4.38. The van der Waals surface area contributed by atoms with Crippen LogP contribution in [0, 0.1) is 0 Å². The van der Waals surface area contributed by atoms with E-state index in [2.05, 4.69) is 40.5 Å². The molecular weight excluding hydrogens is 330 g/mol. The van der Waals surface area contributed by atoms with E-state index in [1.165, 1.54) is 25.9 Å². The number of fused-ring (bicyclic) bond motifs is 1. The number of thioether (sulfide) groups is 1. The maximum atomic E-state index is 12.6. The summed E-state index contributed by atoms with van der Waals surface area (Å²) in [6.07, 6.45) is 8.03. The smallest absolute Gasteiger partial charge is 0.189 e. The Morgan fingerprint density at radius 1 is 1.32 bits per heavy atom. The number of carbonyl (C=O) groups is 1. The van der Waals surface area contributed by atoms with Crippen molar-refractivity contribution in [1.29, 1.82) is 0 Å². The summed E-state index contributed by atoms with van der Waals surface area (Å²) < 4.78 is 0.361. The summed E-state index contributed by atoms with van der Waals surface area (Å²) in [7, 11) is 2.20. The predicted octanol–water partition coefficient (Wildman–Crippen LogP) is 3.72. The summed E-state index contributed by atoms with van der Waals surface area (Å²) in [5.41, 5.74) is 1.76. The van der Waals surface area contributed by atoms with Gasteiger partial charge in [-0.1, -0.05) is 18.2 Å². The Hall–Kier alpha value is -1.72. The van der Waals surface area contributed by atoms with Gasteiger partial charge in [0.25, 0.3) is 0 Å². The average molecular weight is 356 g/mol. The van der Waals surface area contributed by atoms with Crippen LogP contribution in [0.4, 0.5) is 0 Å². The van der Waals surface area contributed by atoms with Gasteiger partial charge in [0.2, 0.25) is 0 Å². The zero-order valence-corrected chi connectivity index (χ0v) is 15.7. The lowest BCUT2D eigenvalue weighted by Crippen LogP contribution is -2.42. The van der Waals surface area contributed by atoms with Gasteiger partial charge in [-0.25, -0.2) is 0 Å². The molecule has 1 atom stereocenters. The molecule has 0 amide bonds.